The summed E-state index contributed by atoms with van der Waals surface area (Å²) in [6.07, 6.45) is 1.27. The fourth-order valence-corrected chi connectivity index (χ4v) is 3.60. The van der Waals surface area contributed by atoms with Gasteiger partial charge in [0.25, 0.3) is 0 Å². The molecule has 0 atom stereocenters. The van der Waals surface area contributed by atoms with Crippen molar-refractivity contribution < 1.29 is 9.50 Å². The molecule has 1 aromatic carbocycles. The predicted octanol–water partition coefficient (Wildman–Crippen LogP) is 2.81. The summed E-state index contributed by atoms with van der Waals surface area (Å²) in [5, 5.41) is 19.5. The lowest BCUT2D eigenvalue weighted by Gasteiger charge is -2.37. The Morgan fingerprint density at radius 3 is 2.63 bits per heavy atom. The quantitative estimate of drug-likeness (QED) is 0.834. The minimum atomic E-state index is -0.500. The number of hydrogen-bond donors (Lipinski definition) is 2. The van der Waals surface area contributed by atoms with E-state index in [1.54, 1.807) is 13.0 Å². The van der Waals surface area contributed by atoms with Crippen molar-refractivity contribution in [3.63, 3.8) is 0 Å². The van der Waals surface area contributed by atoms with E-state index < -0.39 is 11.2 Å². The monoisotopic (exact) mass is 389 g/mol. The summed E-state index contributed by atoms with van der Waals surface area (Å²) in [6.45, 7) is 3.07. The number of aryl methyl sites for hydroxylation is 1. The maximum atomic E-state index is 13.3. The van der Waals surface area contributed by atoms with Gasteiger partial charge in [-0.2, -0.15) is 5.26 Å². The standard InChI is InChI=1S/C19H21ClFN5O/c1-12-17(14-3-2-13(21)8-15(14)20)25-16(9-27)18(24-12)26-6-4-19(10-22,11-23)5-7-26/h2-3,8,27H,4-7,9-10,22H2,1H3. The highest BCUT2D eigenvalue weighted by atomic mass is 35.5. The molecule has 1 aliphatic rings. The van der Waals surface area contributed by atoms with E-state index in [1.165, 1.54) is 12.1 Å². The fraction of sp³-hybridized carbons (Fsp3) is 0.421. The molecule has 0 unspecified atom stereocenters. The number of rotatable bonds is 4. The van der Waals surface area contributed by atoms with E-state index >= 15 is 0 Å². The van der Waals surface area contributed by atoms with Crippen molar-refractivity contribution in [2.45, 2.75) is 26.4 Å². The van der Waals surface area contributed by atoms with Crippen LogP contribution in [0.3, 0.4) is 0 Å². The highest BCUT2D eigenvalue weighted by molar-refractivity contribution is 6.33. The highest BCUT2D eigenvalue weighted by Gasteiger charge is 2.34. The Bertz CT molecular complexity index is 890. The van der Waals surface area contributed by atoms with Crippen LogP contribution >= 0.6 is 11.6 Å². The molecule has 27 heavy (non-hydrogen) atoms. The van der Waals surface area contributed by atoms with Gasteiger partial charge in [-0.25, -0.2) is 14.4 Å². The van der Waals surface area contributed by atoms with E-state index in [0.717, 1.165) is 0 Å². The molecule has 2 aromatic rings. The number of nitriles is 1. The first-order valence-electron chi connectivity index (χ1n) is 8.73. The molecule has 6 nitrogen and oxygen atoms in total. The molecule has 1 saturated heterocycles. The molecule has 0 radical (unpaired) electrons. The van der Waals surface area contributed by atoms with Gasteiger partial charge in [0.1, 0.15) is 11.5 Å². The zero-order chi connectivity index (χ0) is 19.6. The van der Waals surface area contributed by atoms with Crippen LogP contribution in [0, 0.1) is 29.5 Å². The van der Waals surface area contributed by atoms with Crippen molar-refractivity contribution in [2.24, 2.45) is 11.1 Å². The van der Waals surface area contributed by atoms with Crippen LogP contribution in [0.1, 0.15) is 24.2 Å². The predicted molar refractivity (Wildman–Crippen MR) is 102 cm³/mol. The third kappa shape index (κ3) is 3.74. The van der Waals surface area contributed by atoms with Crippen LogP contribution in [0.4, 0.5) is 10.2 Å². The van der Waals surface area contributed by atoms with Gasteiger partial charge >= 0.3 is 0 Å². The number of aliphatic hydroxyl groups excluding tert-OH is 1. The fourth-order valence-electron chi connectivity index (χ4n) is 3.35. The third-order valence-corrected chi connectivity index (χ3v) is 5.42. The number of aliphatic hydroxyl groups is 1. The van der Waals surface area contributed by atoms with Crippen LogP contribution in [0.15, 0.2) is 18.2 Å². The molecule has 142 valence electrons. The minimum absolute atomic E-state index is 0.240. The second kappa shape index (κ2) is 7.77. The number of halogens is 2. The van der Waals surface area contributed by atoms with E-state index in [-0.39, 0.29) is 11.6 Å². The van der Waals surface area contributed by atoms with E-state index in [1.807, 2.05) is 4.90 Å². The van der Waals surface area contributed by atoms with E-state index in [4.69, 9.17) is 17.3 Å². The zero-order valence-electron chi connectivity index (χ0n) is 15.0. The first kappa shape index (κ1) is 19.5. The molecule has 1 fully saturated rings. The summed E-state index contributed by atoms with van der Waals surface area (Å²) in [4.78, 5) is 11.2. The maximum absolute atomic E-state index is 13.3. The Balaban J connectivity index is 1.95. The highest BCUT2D eigenvalue weighted by Crippen LogP contribution is 2.34. The van der Waals surface area contributed by atoms with Crippen molar-refractivity contribution in [3.8, 4) is 17.3 Å². The Kier molecular flexibility index (Phi) is 5.61. The largest absolute Gasteiger partial charge is 0.390 e. The van der Waals surface area contributed by atoms with Crippen molar-refractivity contribution >= 4 is 17.4 Å². The SMILES string of the molecule is Cc1nc(N2CCC(C#N)(CN)CC2)c(CO)nc1-c1ccc(F)cc1Cl. The van der Waals surface area contributed by atoms with E-state index in [2.05, 4.69) is 16.0 Å². The number of hydrogen-bond acceptors (Lipinski definition) is 6. The van der Waals surface area contributed by atoms with Crippen LogP contribution < -0.4 is 10.6 Å². The molecule has 3 rings (SSSR count). The molecule has 0 amide bonds. The molecular weight excluding hydrogens is 369 g/mol. The van der Waals surface area contributed by atoms with E-state index in [0.29, 0.717) is 60.9 Å². The number of anilines is 1. The third-order valence-electron chi connectivity index (χ3n) is 5.11. The Hall–Kier alpha value is -2.27. The lowest BCUT2D eigenvalue weighted by molar-refractivity contribution is 0.274. The van der Waals surface area contributed by atoms with Gasteiger partial charge in [0, 0.05) is 25.2 Å². The molecular formula is C19H21ClFN5O. The van der Waals surface area contributed by atoms with Crippen LogP contribution in [-0.4, -0.2) is 34.7 Å². The summed E-state index contributed by atoms with van der Waals surface area (Å²) < 4.78 is 13.3. The molecule has 1 aliphatic heterocycles. The Labute approximate surface area is 162 Å². The summed E-state index contributed by atoms with van der Waals surface area (Å²) in [5.41, 5.74) is 7.41. The van der Waals surface area contributed by atoms with Gasteiger partial charge in [-0.15, -0.1) is 0 Å². The van der Waals surface area contributed by atoms with Crippen LogP contribution in [-0.2, 0) is 6.61 Å². The molecule has 8 heteroatoms. The first-order valence-corrected chi connectivity index (χ1v) is 9.11. The van der Waals surface area contributed by atoms with Crippen molar-refractivity contribution in [1.82, 2.24) is 9.97 Å². The molecule has 3 N–H and O–H groups in total. The van der Waals surface area contributed by atoms with Gasteiger partial charge in [-0.05, 0) is 38.0 Å². The molecule has 0 spiro atoms. The first-order chi connectivity index (χ1) is 12.9. The molecule has 0 bridgehead atoms. The number of benzene rings is 1. The van der Waals surface area contributed by atoms with Crippen molar-refractivity contribution in [2.75, 3.05) is 24.5 Å². The zero-order valence-corrected chi connectivity index (χ0v) is 15.8. The molecule has 2 heterocycles. The smallest absolute Gasteiger partial charge is 0.153 e. The van der Waals surface area contributed by atoms with Crippen molar-refractivity contribution in [1.29, 1.82) is 5.26 Å². The summed E-state index contributed by atoms with van der Waals surface area (Å²) in [6, 6.07) is 6.43. The lowest BCUT2D eigenvalue weighted by Crippen LogP contribution is -2.44. The minimum Gasteiger partial charge on any atom is -0.390 e. The lowest BCUT2D eigenvalue weighted by atomic mass is 9.80. The summed E-state index contributed by atoms with van der Waals surface area (Å²) >= 11 is 6.16. The summed E-state index contributed by atoms with van der Waals surface area (Å²) in [7, 11) is 0. The molecule has 0 saturated carbocycles. The van der Waals surface area contributed by atoms with Crippen molar-refractivity contribution in [3.05, 3.63) is 40.4 Å². The second-order valence-electron chi connectivity index (χ2n) is 6.79. The molecule has 0 aliphatic carbocycles. The van der Waals surface area contributed by atoms with Gasteiger partial charge in [-0.3, -0.25) is 0 Å². The van der Waals surface area contributed by atoms with E-state index in [9.17, 15) is 14.8 Å². The number of nitrogens with zero attached hydrogens (tertiary/aromatic N) is 4. The topological polar surface area (TPSA) is 99.1 Å². The molecule has 1 aromatic heterocycles. The second-order valence-corrected chi connectivity index (χ2v) is 7.20. The Morgan fingerprint density at radius 1 is 1.37 bits per heavy atom. The number of nitrogens with two attached hydrogens (primary N) is 1. The number of piperidine rings is 1. The van der Waals surface area contributed by atoms with Gasteiger partial charge in [-0.1, -0.05) is 11.6 Å². The average molecular weight is 390 g/mol. The van der Waals surface area contributed by atoms with Crippen LogP contribution in [0.2, 0.25) is 5.02 Å². The number of aromatic nitrogens is 2. The van der Waals surface area contributed by atoms with Gasteiger partial charge in [0.15, 0.2) is 5.82 Å². The van der Waals surface area contributed by atoms with Crippen LogP contribution in [0.5, 0.6) is 0 Å². The normalized spacial score (nSPS) is 16.2. The van der Waals surface area contributed by atoms with Gasteiger partial charge in [0.05, 0.1) is 34.5 Å². The summed E-state index contributed by atoms with van der Waals surface area (Å²) in [5.74, 6) is 0.170. The van der Waals surface area contributed by atoms with Gasteiger partial charge < -0.3 is 15.7 Å². The van der Waals surface area contributed by atoms with Crippen LogP contribution in [0.25, 0.3) is 11.3 Å². The Morgan fingerprint density at radius 2 is 2.07 bits per heavy atom. The van der Waals surface area contributed by atoms with Gasteiger partial charge in [0.2, 0.25) is 0 Å². The average Bonchev–Trinajstić information content (AvgIpc) is 2.68. The maximum Gasteiger partial charge on any atom is 0.153 e.